The van der Waals surface area contributed by atoms with Gasteiger partial charge in [0.15, 0.2) is 5.60 Å². The predicted molar refractivity (Wildman–Crippen MR) is 71.6 cm³/mol. The maximum Gasteiger partial charge on any atom is 0.295 e. The van der Waals surface area contributed by atoms with Crippen molar-refractivity contribution >= 4 is 18.0 Å². The molecule has 2 saturated carbocycles. The first kappa shape index (κ1) is 11.4. The third-order valence-corrected chi connectivity index (χ3v) is 6.15. The van der Waals surface area contributed by atoms with Crippen LogP contribution in [0.5, 0.6) is 0 Å². The van der Waals surface area contributed by atoms with Crippen molar-refractivity contribution in [3.8, 4) is 0 Å². The van der Waals surface area contributed by atoms with E-state index in [2.05, 4.69) is 4.72 Å². The van der Waals surface area contributed by atoms with Gasteiger partial charge in [0.2, 0.25) is 0 Å². The molecule has 4 rings (SSSR count). The number of nitrogens with zero attached hydrogens (tertiary/aromatic N) is 1. The van der Waals surface area contributed by atoms with Crippen molar-refractivity contribution in [2.24, 2.45) is 4.99 Å². The van der Waals surface area contributed by atoms with E-state index in [1.807, 2.05) is 11.9 Å². The highest BCUT2D eigenvalue weighted by atomic mass is 32.2. The molecule has 4 aliphatic rings. The second-order valence-corrected chi connectivity index (χ2v) is 7.20. The van der Waals surface area contributed by atoms with Crippen LogP contribution in [-0.2, 0) is 9.47 Å². The van der Waals surface area contributed by atoms with Crippen LogP contribution in [0.15, 0.2) is 4.99 Å². The fourth-order valence-corrected chi connectivity index (χ4v) is 4.27. The molecule has 0 aromatic carbocycles. The smallest absolute Gasteiger partial charge is 0.295 e. The zero-order valence-electron chi connectivity index (χ0n) is 10.6. The van der Waals surface area contributed by atoms with Crippen molar-refractivity contribution in [2.45, 2.75) is 61.3 Å². The molecular formula is C13H20N2O2S. The molecule has 0 aromatic rings. The highest BCUT2D eigenvalue weighted by Crippen LogP contribution is 2.60. The predicted octanol–water partition coefficient (Wildman–Crippen LogP) is 2.24. The fourth-order valence-electron chi connectivity index (χ4n) is 3.24. The maximum atomic E-state index is 6.18. The van der Waals surface area contributed by atoms with Crippen LogP contribution in [0.2, 0.25) is 0 Å². The third-order valence-electron chi connectivity index (χ3n) is 4.71. The Labute approximate surface area is 112 Å². The Morgan fingerprint density at radius 1 is 1.17 bits per heavy atom. The molecule has 2 aliphatic carbocycles. The summed E-state index contributed by atoms with van der Waals surface area (Å²) in [6, 6.07) is 1.22. The van der Waals surface area contributed by atoms with Crippen LogP contribution in [0.25, 0.3) is 0 Å². The van der Waals surface area contributed by atoms with Gasteiger partial charge in [0.1, 0.15) is 0 Å². The first-order valence-corrected chi connectivity index (χ1v) is 7.92. The van der Waals surface area contributed by atoms with Gasteiger partial charge in [-0.1, -0.05) is 19.3 Å². The summed E-state index contributed by atoms with van der Waals surface area (Å²) in [7, 11) is 0. The molecule has 2 aliphatic heterocycles. The monoisotopic (exact) mass is 268 g/mol. The van der Waals surface area contributed by atoms with Gasteiger partial charge in [-0.05, 0) is 37.6 Å². The standard InChI is InChI=1S/C13H20N2O2S/c1-2-4-10(5-3-1)14-11-15-18-13(6-7-13)12(17-11)8-16-9-12/h10H,1-9H2,(H,14,15). The van der Waals surface area contributed by atoms with E-state index in [9.17, 15) is 0 Å². The van der Waals surface area contributed by atoms with Crippen LogP contribution in [0, 0.1) is 0 Å². The van der Waals surface area contributed by atoms with Crippen molar-refractivity contribution in [1.82, 2.24) is 4.72 Å². The lowest BCUT2D eigenvalue weighted by Crippen LogP contribution is -2.65. The summed E-state index contributed by atoms with van der Waals surface area (Å²) in [5.74, 6) is 0. The molecule has 0 atom stereocenters. The van der Waals surface area contributed by atoms with Crippen molar-refractivity contribution in [3.05, 3.63) is 0 Å². The first-order chi connectivity index (χ1) is 8.82. The Morgan fingerprint density at radius 3 is 2.56 bits per heavy atom. The molecule has 5 heteroatoms. The van der Waals surface area contributed by atoms with Gasteiger partial charge in [-0.25, -0.2) is 4.99 Å². The number of hydrogen-bond acceptors (Lipinski definition) is 4. The Bertz CT molecular complexity index is 371. The molecule has 0 radical (unpaired) electrons. The lowest BCUT2D eigenvalue weighted by Gasteiger charge is -2.49. The van der Waals surface area contributed by atoms with Crippen LogP contribution < -0.4 is 4.72 Å². The number of aliphatic imine (C=N–C) groups is 1. The summed E-state index contributed by atoms with van der Waals surface area (Å²) in [5, 5.41) is 0. The molecule has 0 unspecified atom stereocenters. The molecular weight excluding hydrogens is 248 g/mol. The minimum atomic E-state index is -0.0730. The van der Waals surface area contributed by atoms with Crippen molar-refractivity contribution < 1.29 is 9.47 Å². The van der Waals surface area contributed by atoms with E-state index >= 15 is 0 Å². The average molecular weight is 268 g/mol. The molecule has 2 spiro atoms. The van der Waals surface area contributed by atoms with Crippen LogP contribution in [-0.4, -0.2) is 35.6 Å². The second-order valence-electron chi connectivity index (χ2n) is 6.01. The lowest BCUT2D eigenvalue weighted by molar-refractivity contribution is -0.176. The number of amidine groups is 1. The quantitative estimate of drug-likeness (QED) is 0.741. The molecule has 2 heterocycles. The Balaban J connectivity index is 1.48. The van der Waals surface area contributed by atoms with Gasteiger partial charge < -0.3 is 9.47 Å². The highest BCUT2D eigenvalue weighted by molar-refractivity contribution is 7.99. The molecule has 18 heavy (non-hydrogen) atoms. The van der Waals surface area contributed by atoms with Crippen molar-refractivity contribution in [1.29, 1.82) is 0 Å². The number of nitrogens with one attached hydrogen (secondary N) is 1. The van der Waals surface area contributed by atoms with E-state index in [1.54, 1.807) is 0 Å². The van der Waals surface area contributed by atoms with E-state index in [-0.39, 0.29) is 10.3 Å². The maximum absolute atomic E-state index is 6.18. The van der Waals surface area contributed by atoms with Crippen LogP contribution >= 0.6 is 11.9 Å². The largest absolute Gasteiger partial charge is 0.452 e. The average Bonchev–Trinajstić information content (AvgIpc) is 3.12. The highest BCUT2D eigenvalue weighted by Gasteiger charge is 2.68. The Hall–Kier alpha value is -0.420. The second kappa shape index (κ2) is 4.04. The van der Waals surface area contributed by atoms with Gasteiger partial charge >= 0.3 is 0 Å². The van der Waals surface area contributed by atoms with Crippen LogP contribution in [0.4, 0.5) is 0 Å². The summed E-state index contributed by atoms with van der Waals surface area (Å²) < 4.78 is 15.2. The van der Waals surface area contributed by atoms with Gasteiger partial charge in [-0.15, -0.1) is 0 Å². The molecule has 0 amide bonds. The summed E-state index contributed by atoms with van der Waals surface area (Å²) in [6.07, 6.45) is 8.90. The minimum Gasteiger partial charge on any atom is -0.452 e. The van der Waals surface area contributed by atoms with Gasteiger partial charge in [-0.3, -0.25) is 4.72 Å². The molecule has 100 valence electrons. The number of hydrogen-bond donors (Lipinski definition) is 1. The summed E-state index contributed by atoms with van der Waals surface area (Å²) in [5.41, 5.74) is -0.0730. The fraction of sp³-hybridized carbons (Fsp3) is 0.923. The summed E-state index contributed by atoms with van der Waals surface area (Å²) in [6.45, 7) is 1.48. The topological polar surface area (TPSA) is 42.9 Å². The molecule has 0 aromatic heterocycles. The summed E-state index contributed by atoms with van der Waals surface area (Å²) >= 11 is 1.83. The van der Waals surface area contributed by atoms with Gasteiger partial charge in [-0.2, -0.15) is 0 Å². The van der Waals surface area contributed by atoms with Crippen LogP contribution in [0.1, 0.15) is 44.9 Å². The zero-order chi connectivity index (χ0) is 12.1. The van der Waals surface area contributed by atoms with Gasteiger partial charge in [0.05, 0.1) is 24.0 Å². The van der Waals surface area contributed by atoms with Crippen molar-refractivity contribution in [2.75, 3.05) is 13.2 Å². The van der Waals surface area contributed by atoms with Gasteiger partial charge in [0.25, 0.3) is 6.02 Å². The minimum absolute atomic E-state index is 0.0730. The molecule has 2 saturated heterocycles. The van der Waals surface area contributed by atoms with Gasteiger partial charge in [0, 0.05) is 0 Å². The van der Waals surface area contributed by atoms with E-state index in [4.69, 9.17) is 14.5 Å². The first-order valence-electron chi connectivity index (χ1n) is 7.11. The third kappa shape index (κ3) is 1.67. The lowest BCUT2D eigenvalue weighted by atomic mass is 9.94. The molecule has 4 nitrogen and oxygen atoms in total. The molecule has 4 fully saturated rings. The SMILES string of the molecule is C1CCC(N=C2NSC3(CC3)C3(COC3)O2)CC1. The molecule has 0 bridgehead atoms. The van der Waals surface area contributed by atoms with E-state index < -0.39 is 0 Å². The van der Waals surface area contributed by atoms with E-state index in [0.717, 1.165) is 19.2 Å². The van der Waals surface area contributed by atoms with E-state index in [1.165, 1.54) is 44.9 Å². The summed E-state index contributed by atoms with van der Waals surface area (Å²) in [4.78, 5) is 4.77. The van der Waals surface area contributed by atoms with E-state index in [0.29, 0.717) is 6.04 Å². The number of rotatable bonds is 1. The zero-order valence-corrected chi connectivity index (χ0v) is 11.4. The Morgan fingerprint density at radius 2 is 1.94 bits per heavy atom. The number of ether oxygens (including phenoxy) is 2. The Kier molecular flexibility index (Phi) is 2.56. The normalized spacial score (nSPS) is 35.0. The number of fused-ring (bicyclic) bond motifs is 1. The van der Waals surface area contributed by atoms with Crippen LogP contribution in [0.3, 0.4) is 0 Å². The molecule has 1 N–H and O–H groups in total. The van der Waals surface area contributed by atoms with Crippen molar-refractivity contribution in [3.63, 3.8) is 0 Å².